The Balaban J connectivity index is 1.89. The van der Waals surface area contributed by atoms with Crippen LogP contribution in [-0.2, 0) is 6.42 Å². The number of imidazole rings is 1. The van der Waals surface area contributed by atoms with Gasteiger partial charge in [-0.1, -0.05) is 30.7 Å². The van der Waals surface area contributed by atoms with Crippen molar-refractivity contribution in [2.75, 3.05) is 0 Å². The molecule has 0 amide bonds. The summed E-state index contributed by atoms with van der Waals surface area (Å²) >= 11 is 1.62. The van der Waals surface area contributed by atoms with Gasteiger partial charge in [0.05, 0.1) is 5.69 Å². The van der Waals surface area contributed by atoms with Crippen LogP contribution in [0.2, 0.25) is 0 Å². The fourth-order valence-electron chi connectivity index (χ4n) is 2.62. The highest BCUT2D eigenvalue weighted by atomic mass is 32.1. The second kappa shape index (κ2) is 5.17. The molecule has 22 heavy (non-hydrogen) atoms. The van der Waals surface area contributed by atoms with E-state index >= 15 is 0 Å². The minimum absolute atomic E-state index is 0.755. The molecule has 0 radical (unpaired) electrons. The smallest absolute Gasteiger partial charge is 0.235 e. The molecule has 112 valence electrons. The van der Waals surface area contributed by atoms with Crippen molar-refractivity contribution in [2.45, 2.75) is 33.1 Å². The number of unbranched alkanes of at least 4 members (excludes halogenated alkanes) is 1. The van der Waals surface area contributed by atoms with E-state index in [1.165, 1.54) is 6.42 Å². The molecule has 0 saturated heterocycles. The molecule has 4 aromatic heterocycles. The van der Waals surface area contributed by atoms with E-state index in [-0.39, 0.29) is 0 Å². The number of hydrogen-bond acceptors (Lipinski definition) is 5. The van der Waals surface area contributed by atoms with E-state index < -0.39 is 0 Å². The maximum absolute atomic E-state index is 4.68. The van der Waals surface area contributed by atoms with Crippen molar-refractivity contribution < 1.29 is 0 Å². The van der Waals surface area contributed by atoms with Crippen LogP contribution in [0.5, 0.6) is 0 Å². The molecule has 4 heterocycles. The molecule has 0 saturated carbocycles. The monoisotopic (exact) mass is 312 g/mol. The lowest BCUT2D eigenvalue weighted by atomic mass is 10.3. The average Bonchev–Trinajstić information content (AvgIpc) is 3.16. The van der Waals surface area contributed by atoms with Gasteiger partial charge in [0.2, 0.25) is 10.8 Å². The summed E-state index contributed by atoms with van der Waals surface area (Å²) in [4.78, 5) is 5.43. The Morgan fingerprint density at radius 1 is 1.23 bits per heavy atom. The van der Waals surface area contributed by atoms with Crippen molar-refractivity contribution in [3.05, 3.63) is 35.1 Å². The maximum Gasteiger partial charge on any atom is 0.235 e. The van der Waals surface area contributed by atoms with Gasteiger partial charge in [-0.3, -0.25) is 4.40 Å². The third-order valence-corrected chi connectivity index (χ3v) is 4.65. The molecule has 0 spiro atoms. The zero-order valence-electron chi connectivity index (χ0n) is 12.5. The van der Waals surface area contributed by atoms with E-state index in [1.807, 2.05) is 40.2 Å². The first kappa shape index (κ1) is 13.4. The molecular formula is C15H16N6S. The molecule has 0 N–H and O–H groups in total. The lowest BCUT2D eigenvalue weighted by Crippen LogP contribution is -1.97. The fraction of sp³-hybridized carbons (Fsp3) is 0.333. The van der Waals surface area contributed by atoms with Gasteiger partial charge in [0, 0.05) is 12.6 Å². The van der Waals surface area contributed by atoms with Crippen molar-refractivity contribution in [2.24, 2.45) is 0 Å². The number of aryl methyl sites for hydroxylation is 2. The quantitative estimate of drug-likeness (QED) is 0.581. The summed E-state index contributed by atoms with van der Waals surface area (Å²) in [6.45, 7) is 4.18. The summed E-state index contributed by atoms with van der Waals surface area (Å²) in [5.41, 5.74) is 2.80. The van der Waals surface area contributed by atoms with Crippen LogP contribution in [0.1, 0.15) is 30.5 Å². The largest absolute Gasteiger partial charge is 0.297 e. The standard InChI is InChI=1S/C15H16N6S/c1-3-4-8-12-19-21-14(17-18-15(21)22-12)13-10(2)16-11-7-5-6-9-20(11)13/h5-7,9H,3-4,8H2,1-2H3. The van der Waals surface area contributed by atoms with E-state index in [4.69, 9.17) is 0 Å². The number of rotatable bonds is 4. The number of hydrogen-bond donors (Lipinski definition) is 0. The van der Waals surface area contributed by atoms with Gasteiger partial charge in [0.25, 0.3) is 0 Å². The summed E-state index contributed by atoms with van der Waals surface area (Å²) < 4.78 is 3.88. The first-order valence-electron chi connectivity index (χ1n) is 7.43. The molecule has 4 rings (SSSR count). The molecule has 0 aliphatic carbocycles. The van der Waals surface area contributed by atoms with Gasteiger partial charge < -0.3 is 0 Å². The highest BCUT2D eigenvalue weighted by Gasteiger charge is 2.19. The second-order valence-electron chi connectivity index (χ2n) is 5.29. The predicted octanol–water partition coefficient (Wildman–Crippen LogP) is 3.15. The Labute approximate surface area is 131 Å². The van der Waals surface area contributed by atoms with Crippen LogP contribution in [0.4, 0.5) is 0 Å². The maximum atomic E-state index is 4.68. The van der Waals surface area contributed by atoms with Gasteiger partial charge in [0.1, 0.15) is 16.3 Å². The lowest BCUT2D eigenvalue weighted by molar-refractivity contribution is 0.769. The molecule has 0 bridgehead atoms. The van der Waals surface area contributed by atoms with Crippen molar-refractivity contribution in [1.29, 1.82) is 0 Å². The summed E-state index contributed by atoms with van der Waals surface area (Å²) in [5, 5.41) is 14.4. The van der Waals surface area contributed by atoms with E-state index in [0.717, 1.165) is 45.7 Å². The van der Waals surface area contributed by atoms with E-state index in [1.54, 1.807) is 11.3 Å². The molecule has 0 aromatic carbocycles. The van der Waals surface area contributed by atoms with Gasteiger partial charge in [-0.2, -0.15) is 9.61 Å². The third kappa shape index (κ3) is 2.00. The Morgan fingerprint density at radius 3 is 3.00 bits per heavy atom. The Kier molecular flexibility index (Phi) is 3.15. The molecule has 6 nitrogen and oxygen atoms in total. The number of nitrogens with zero attached hydrogens (tertiary/aromatic N) is 6. The fourth-order valence-corrected chi connectivity index (χ4v) is 3.49. The van der Waals surface area contributed by atoms with Gasteiger partial charge in [-0.15, -0.1) is 10.2 Å². The van der Waals surface area contributed by atoms with Crippen LogP contribution in [0, 0.1) is 6.92 Å². The van der Waals surface area contributed by atoms with Crippen LogP contribution in [0.25, 0.3) is 22.1 Å². The summed E-state index contributed by atoms with van der Waals surface area (Å²) in [6, 6.07) is 5.96. The van der Waals surface area contributed by atoms with Crippen molar-refractivity contribution >= 4 is 21.9 Å². The van der Waals surface area contributed by atoms with E-state index in [2.05, 4.69) is 27.2 Å². The van der Waals surface area contributed by atoms with Crippen molar-refractivity contribution in [3.63, 3.8) is 0 Å². The topological polar surface area (TPSA) is 60.4 Å². The zero-order valence-corrected chi connectivity index (χ0v) is 13.3. The molecule has 0 aliphatic rings. The Hall–Kier alpha value is -2.28. The first-order valence-corrected chi connectivity index (χ1v) is 8.24. The second-order valence-corrected chi connectivity index (χ2v) is 6.33. The predicted molar refractivity (Wildman–Crippen MR) is 86.2 cm³/mol. The third-order valence-electron chi connectivity index (χ3n) is 3.69. The summed E-state index contributed by atoms with van der Waals surface area (Å²) in [6.07, 6.45) is 5.31. The van der Waals surface area contributed by atoms with Crippen LogP contribution in [0.3, 0.4) is 0 Å². The SMILES string of the molecule is CCCCc1nn2c(-c3c(C)nc4ccccn34)nnc2s1. The van der Waals surface area contributed by atoms with Gasteiger partial charge in [0.15, 0.2) is 0 Å². The minimum atomic E-state index is 0.755. The van der Waals surface area contributed by atoms with Gasteiger partial charge >= 0.3 is 0 Å². The summed E-state index contributed by atoms with van der Waals surface area (Å²) in [5.74, 6) is 0.755. The zero-order chi connectivity index (χ0) is 15.1. The molecule has 0 fully saturated rings. The van der Waals surface area contributed by atoms with Gasteiger partial charge in [-0.25, -0.2) is 4.98 Å². The Bertz CT molecular complexity index is 948. The van der Waals surface area contributed by atoms with Crippen LogP contribution >= 0.6 is 11.3 Å². The van der Waals surface area contributed by atoms with Crippen LogP contribution in [0.15, 0.2) is 24.4 Å². The number of aromatic nitrogens is 6. The van der Waals surface area contributed by atoms with Crippen molar-refractivity contribution in [3.8, 4) is 11.5 Å². The highest BCUT2D eigenvalue weighted by molar-refractivity contribution is 7.16. The normalized spacial score (nSPS) is 11.7. The molecular weight excluding hydrogens is 296 g/mol. The molecule has 0 unspecified atom stereocenters. The van der Waals surface area contributed by atoms with E-state index in [0.29, 0.717) is 0 Å². The lowest BCUT2D eigenvalue weighted by Gasteiger charge is -1.99. The molecule has 0 aliphatic heterocycles. The van der Waals surface area contributed by atoms with E-state index in [9.17, 15) is 0 Å². The van der Waals surface area contributed by atoms with Crippen molar-refractivity contribution in [1.82, 2.24) is 29.2 Å². The highest BCUT2D eigenvalue weighted by Crippen LogP contribution is 2.25. The first-order chi connectivity index (χ1) is 10.8. The average molecular weight is 312 g/mol. The van der Waals surface area contributed by atoms with Crippen LogP contribution < -0.4 is 0 Å². The van der Waals surface area contributed by atoms with Gasteiger partial charge in [-0.05, 0) is 25.5 Å². The molecule has 0 atom stereocenters. The molecule has 4 aromatic rings. The number of fused-ring (bicyclic) bond motifs is 2. The molecule has 7 heteroatoms. The van der Waals surface area contributed by atoms with Crippen LogP contribution in [-0.4, -0.2) is 29.2 Å². The summed E-state index contributed by atoms with van der Waals surface area (Å²) in [7, 11) is 0. The number of pyridine rings is 1. The minimum Gasteiger partial charge on any atom is -0.297 e. The Morgan fingerprint density at radius 2 is 2.14 bits per heavy atom.